The summed E-state index contributed by atoms with van der Waals surface area (Å²) in [6, 6.07) is 5.88. The summed E-state index contributed by atoms with van der Waals surface area (Å²) in [4.78, 5) is 10.8. The van der Waals surface area contributed by atoms with Gasteiger partial charge in [0.2, 0.25) is 0 Å². The number of carboxylic acid groups (broad SMARTS) is 1. The summed E-state index contributed by atoms with van der Waals surface area (Å²) >= 11 is 0. The van der Waals surface area contributed by atoms with Crippen LogP contribution in [-0.2, 0) is 11.2 Å². The zero-order chi connectivity index (χ0) is 21.0. The molecule has 1 heterocycles. The Bertz CT molecular complexity index is 820. The van der Waals surface area contributed by atoms with Gasteiger partial charge in [0.05, 0.1) is 18.3 Å². The van der Waals surface area contributed by atoms with E-state index in [1.807, 2.05) is 18.2 Å². The quantitative estimate of drug-likeness (QED) is 0.393. The minimum atomic E-state index is -1.05. The lowest BCUT2D eigenvalue weighted by Gasteiger charge is -2.19. The Morgan fingerprint density at radius 2 is 2.17 bits per heavy atom. The molecule has 4 N–H and O–H groups in total. The Hall–Kier alpha value is -2.33. The summed E-state index contributed by atoms with van der Waals surface area (Å²) < 4.78 is 6.16. The number of aliphatic carboxylic acids is 1. The lowest BCUT2D eigenvalue weighted by molar-refractivity contribution is -0.137. The van der Waals surface area contributed by atoms with Crippen molar-refractivity contribution < 1.29 is 30.0 Å². The Balaban J connectivity index is 1.75. The van der Waals surface area contributed by atoms with Crippen LogP contribution >= 0.6 is 0 Å². The zero-order valence-electron chi connectivity index (χ0n) is 16.5. The van der Waals surface area contributed by atoms with Gasteiger partial charge in [-0.3, -0.25) is 4.79 Å². The van der Waals surface area contributed by atoms with Crippen molar-refractivity contribution in [1.82, 2.24) is 0 Å². The molecule has 0 saturated heterocycles. The molecule has 156 valence electrons. The molecule has 6 atom stereocenters. The van der Waals surface area contributed by atoms with Gasteiger partial charge in [0.25, 0.3) is 0 Å². The average molecular weight is 400 g/mol. The van der Waals surface area contributed by atoms with Crippen molar-refractivity contribution in [2.45, 2.75) is 69.4 Å². The first-order chi connectivity index (χ1) is 13.9. The first-order valence-corrected chi connectivity index (χ1v) is 10.0. The summed E-state index contributed by atoms with van der Waals surface area (Å²) in [5.41, 5.74) is 2.00. The van der Waals surface area contributed by atoms with Crippen molar-refractivity contribution in [3.05, 3.63) is 41.5 Å². The molecule has 0 spiro atoms. The van der Waals surface area contributed by atoms with Crippen molar-refractivity contribution in [1.29, 1.82) is 0 Å². The van der Waals surface area contributed by atoms with Gasteiger partial charge in [-0.2, -0.15) is 0 Å². The van der Waals surface area contributed by atoms with Crippen LogP contribution in [0.25, 0.3) is 0 Å². The molecule has 1 fully saturated rings. The normalized spacial score (nSPS) is 26.9. The average Bonchev–Trinajstić information content (AvgIpc) is 3.19. The molecule has 1 aromatic carbocycles. The number of hydrogen-bond acceptors (Lipinski definition) is 5. The molecule has 1 aliphatic carbocycles. The summed E-state index contributed by atoms with van der Waals surface area (Å²) in [6.07, 6.45) is 2.51. The largest absolute Gasteiger partial charge is 0.489 e. The molecule has 1 aliphatic heterocycles. The summed E-state index contributed by atoms with van der Waals surface area (Å²) in [5.74, 6) is 5.17. The van der Waals surface area contributed by atoms with Crippen molar-refractivity contribution >= 4 is 5.97 Å². The molecule has 29 heavy (non-hydrogen) atoms. The second kappa shape index (κ2) is 9.45. The van der Waals surface area contributed by atoms with Crippen LogP contribution < -0.4 is 4.74 Å². The lowest BCUT2D eigenvalue weighted by Crippen LogP contribution is -2.24. The molecule has 1 aromatic rings. The third-order valence-corrected chi connectivity index (χ3v) is 5.74. The highest BCUT2D eigenvalue weighted by molar-refractivity contribution is 5.66. The highest BCUT2D eigenvalue weighted by Gasteiger charge is 2.48. The van der Waals surface area contributed by atoms with Crippen LogP contribution in [0.5, 0.6) is 5.75 Å². The van der Waals surface area contributed by atoms with Crippen molar-refractivity contribution in [2.24, 2.45) is 5.92 Å². The van der Waals surface area contributed by atoms with Crippen molar-refractivity contribution in [3.8, 4) is 17.6 Å². The number of para-hydroxylation sites is 1. The highest BCUT2D eigenvalue weighted by atomic mass is 16.5. The van der Waals surface area contributed by atoms with E-state index in [4.69, 9.17) is 9.84 Å². The number of aliphatic hydroxyl groups is 3. The number of carbonyl (C=O) groups is 1. The second-order valence-corrected chi connectivity index (χ2v) is 7.72. The van der Waals surface area contributed by atoms with Gasteiger partial charge < -0.3 is 25.2 Å². The molecule has 0 bridgehead atoms. The molecule has 2 aliphatic rings. The van der Waals surface area contributed by atoms with Gasteiger partial charge in [-0.15, -0.1) is 11.8 Å². The van der Waals surface area contributed by atoms with E-state index in [0.29, 0.717) is 19.3 Å². The van der Waals surface area contributed by atoms with E-state index in [0.717, 1.165) is 16.9 Å². The minimum Gasteiger partial charge on any atom is -0.489 e. The molecule has 6 heteroatoms. The molecule has 3 rings (SSSR count). The summed E-state index contributed by atoms with van der Waals surface area (Å²) in [6.45, 7) is 1.68. The van der Waals surface area contributed by atoms with Crippen LogP contribution in [0.4, 0.5) is 0 Å². The second-order valence-electron chi connectivity index (χ2n) is 7.72. The van der Waals surface area contributed by atoms with E-state index in [-0.39, 0.29) is 30.8 Å². The Morgan fingerprint density at radius 3 is 2.90 bits per heavy atom. The summed E-state index contributed by atoms with van der Waals surface area (Å²) in [7, 11) is 0. The number of aryl methyl sites for hydroxylation is 1. The predicted molar refractivity (Wildman–Crippen MR) is 108 cm³/mol. The molecular weight excluding hydrogens is 372 g/mol. The monoisotopic (exact) mass is 400 g/mol. The molecular formula is C23H28O6. The number of benzene rings is 1. The zero-order valence-corrected chi connectivity index (χ0v) is 16.5. The van der Waals surface area contributed by atoms with Gasteiger partial charge in [-0.25, -0.2) is 0 Å². The minimum absolute atomic E-state index is 0.0320. The van der Waals surface area contributed by atoms with Crippen LogP contribution in [-0.4, -0.2) is 50.8 Å². The number of fused-ring (bicyclic) bond motifs is 3. The fourth-order valence-corrected chi connectivity index (χ4v) is 4.29. The Kier molecular flexibility index (Phi) is 6.96. The molecule has 1 saturated carbocycles. The van der Waals surface area contributed by atoms with E-state index in [2.05, 4.69) is 11.8 Å². The number of rotatable bonds is 8. The van der Waals surface area contributed by atoms with Gasteiger partial charge in [0.1, 0.15) is 11.9 Å². The third-order valence-electron chi connectivity index (χ3n) is 5.74. The first-order valence-electron chi connectivity index (χ1n) is 10.0. The van der Waals surface area contributed by atoms with E-state index < -0.39 is 24.3 Å². The van der Waals surface area contributed by atoms with Crippen LogP contribution in [0.2, 0.25) is 0 Å². The van der Waals surface area contributed by atoms with Crippen LogP contribution in [0.3, 0.4) is 0 Å². The standard InChI is InChI=1S/C23H28O6/c1-2-3-9-17(24)18(25)12-11-15-19(26)13-20-22(15)16-8-4-6-14(23(16)29-20)7-5-10-21(27)28/h4,6,8,11-12,15,17-20,22,24-26H,5,7,9-10,13H2,1H3,(H,27,28)/b12-11+/t15-,17-,18+,19+,20-,22-/m0/s1. The van der Waals surface area contributed by atoms with Gasteiger partial charge in [0, 0.05) is 36.7 Å². The van der Waals surface area contributed by atoms with Gasteiger partial charge in [0.15, 0.2) is 0 Å². The van der Waals surface area contributed by atoms with E-state index >= 15 is 0 Å². The molecule has 0 unspecified atom stereocenters. The predicted octanol–water partition coefficient (Wildman–Crippen LogP) is 2.01. The van der Waals surface area contributed by atoms with Crippen molar-refractivity contribution in [3.63, 3.8) is 0 Å². The SMILES string of the molecule is CC#CC[C@H](O)[C@H](O)/C=C/[C@@H]1[C@H]2c3cccc(CCCC(=O)O)c3O[C@H]2C[C@H]1O. The van der Waals surface area contributed by atoms with Crippen LogP contribution in [0, 0.1) is 17.8 Å². The van der Waals surface area contributed by atoms with Crippen molar-refractivity contribution in [2.75, 3.05) is 0 Å². The van der Waals surface area contributed by atoms with Gasteiger partial charge in [-0.1, -0.05) is 30.4 Å². The van der Waals surface area contributed by atoms with Gasteiger partial charge >= 0.3 is 5.97 Å². The summed E-state index contributed by atoms with van der Waals surface area (Å²) in [5, 5.41) is 39.5. The Labute approximate surface area is 170 Å². The van der Waals surface area contributed by atoms with Crippen LogP contribution in [0.1, 0.15) is 49.7 Å². The Morgan fingerprint density at radius 1 is 1.38 bits per heavy atom. The number of hydrogen-bond donors (Lipinski definition) is 4. The topological polar surface area (TPSA) is 107 Å². The molecule has 0 radical (unpaired) electrons. The van der Waals surface area contributed by atoms with E-state index in [9.17, 15) is 20.1 Å². The fourth-order valence-electron chi connectivity index (χ4n) is 4.29. The van der Waals surface area contributed by atoms with E-state index in [1.54, 1.807) is 13.0 Å². The lowest BCUT2D eigenvalue weighted by atomic mass is 9.86. The number of ether oxygens (including phenoxy) is 1. The van der Waals surface area contributed by atoms with E-state index in [1.165, 1.54) is 6.08 Å². The fraction of sp³-hybridized carbons (Fsp3) is 0.522. The van der Waals surface area contributed by atoms with Gasteiger partial charge in [-0.05, 0) is 25.3 Å². The number of carboxylic acids is 1. The molecule has 0 aromatic heterocycles. The maximum Gasteiger partial charge on any atom is 0.303 e. The van der Waals surface area contributed by atoms with Crippen LogP contribution in [0.15, 0.2) is 30.4 Å². The highest BCUT2D eigenvalue weighted by Crippen LogP contribution is 2.52. The maximum absolute atomic E-state index is 10.8. The maximum atomic E-state index is 10.8. The third kappa shape index (κ3) is 4.81. The molecule has 0 amide bonds. The smallest absolute Gasteiger partial charge is 0.303 e. The first kappa shape index (κ1) is 21.4. The molecule has 6 nitrogen and oxygen atoms in total. The number of aliphatic hydroxyl groups excluding tert-OH is 3.